The number of hydrogen-bond donors (Lipinski definition) is 1. The number of ether oxygens (including phenoxy) is 3. The van der Waals surface area contributed by atoms with Gasteiger partial charge in [-0.2, -0.15) is 4.98 Å². The number of thioether (sulfide) groups is 1. The number of carbonyl (C=O) groups excluding carboxylic acids is 1. The number of nitrogens with one attached hydrogen (secondary N) is 1. The highest BCUT2D eigenvalue weighted by Crippen LogP contribution is 2.44. The normalized spacial score (nSPS) is 14.3. The van der Waals surface area contributed by atoms with Gasteiger partial charge in [0.05, 0.1) is 22.8 Å². The minimum absolute atomic E-state index is 0.303. The summed E-state index contributed by atoms with van der Waals surface area (Å²) in [4.78, 5) is 18.3. The minimum atomic E-state index is -0.643. The highest BCUT2D eigenvalue weighted by atomic mass is 79.9. The summed E-state index contributed by atoms with van der Waals surface area (Å²) in [5, 5.41) is 9.33. The summed E-state index contributed by atoms with van der Waals surface area (Å²) in [7, 11) is 0. The fourth-order valence-corrected chi connectivity index (χ4v) is 6.64. The van der Waals surface area contributed by atoms with Gasteiger partial charge >= 0.3 is 5.97 Å². The summed E-state index contributed by atoms with van der Waals surface area (Å²) in [5.41, 5.74) is 3.80. The van der Waals surface area contributed by atoms with Crippen molar-refractivity contribution in [1.82, 2.24) is 14.8 Å². The van der Waals surface area contributed by atoms with E-state index in [9.17, 15) is 4.79 Å². The van der Waals surface area contributed by atoms with Gasteiger partial charge in [0.25, 0.3) is 0 Å². The maximum atomic E-state index is 13.5. The Balaban J connectivity index is 1.53. The van der Waals surface area contributed by atoms with Gasteiger partial charge in [0.1, 0.15) is 12.6 Å². The van der Waals surface area contributed by atoms with E-state index in [-0.39, 0.29) is 6.10 Å². The molecule has 1 unspecified atom stereocenters. The number of anilines is 1. The van der Waals surface area contributed by atoms with Crippen LogP contribution in [0.5, 0.6) is 11.5 Å². The SMILES string of the molecule is CCOc1cc(C2C(C(=O)OC(C)C)=C(C)Nc3nc(SCc4ccccc4Cl)nn32)cc(Br)c1OCc1ccc(Br)cc1. The number of halogens is 3. The van der Waals surface area contributed by atoms with E-state index in [1.165, 1.54) is 11.8 Å². The molecule has 44 heavy (non-hydrogen) atoms. The van der Waals surface area contributed by atoms with Crippen LogP contribution in [0.15, 0.2) is 86.0 Å². The molecule has 1 aliphatic heterocycles. The van der Waals surface area contributed by atoms with Crippen molar-refractivity contribution < 1.29 is 19.0 Å². The van der Waals surface area contributed by atoms with Crippen molar-refractivity contribution in [3.05, 3.63) is 103 Å². The average molecular weight is 763 g/mol. The van der Waals surface area contributed by atoms with Gasteiger partial charge in [-0.25, -0.2) is 9.48 Å². The molecule has 0 fully saturated rings. The van der Waals surface area contributed by atoms with Crippen LogP contribution < -0.4 is 14.8 Å². The zero-order chi connectivity index (χ0) is 31.4. The van der Waals surface area contributed by atoms with Gasteiger partial charge in [0.15, 0.2) is 11.5 Å². The van der Waals surface area contributed by atoms with Crippen LogP contribution in [0.2, 0.25) is 5.02 Å². The number of allylic oxidation sites excluding steroid dienone is 1. The first-order valence-corrected chi connectivity index (χ1v) is 16.9. The molecule has 1 aliphatic rings. The van der Waals surface area contributed by atoms with Crippen molar-refractivity contribution in [2.45, 2.75) is 57.4 Å². The van der Waals surface area contributed by atoms with Crippen molar-refractivity contribution in [3.63, 3.8) is 0 Å². The summed E-state index contributed by atoms with van der Waals surface area (Å²) in [6.45, 7) is 8.17. The van der Waals surface area contributed by atoms with Crippen LogP contribution >= 0.6 is 55.2 Å². The van der Waals surface area contributed by atoms with Gasteiger partial charge < -0.3 is 19.5 Å². The van der Waals surface area contributed by atoms with E-state index in [4.69, 9.17) is 35.9 Å². The maximum Gasteiger partial charge on any atom is 0.338 e. The second kappa shape index (κ2) is 14.4. The third kappa shape index (κ3) is 7.44. The van der Waals surface area contributed by atoms with Crippen LogP contribution in [0.4, 0.5) is 5.95 Å². The summed E-state index contributed by atoms with van der Waals surface area (Å²) in [6.07, 6.45) is -0.303. The average Bonchev–Trinajstić information content (AvgIpc) is 3.38. The van der Waals surface area contributed by atoms with E-state index in [2.05, 4.69) is 37.2 Å². The lowest BCUT2D eigenvalue weighted by atomic mass is 9.95. The number of aromatic nitrogens is 3. The Labute approximate surface area is 282 Å². The van der Waals surface area contributed by atoms with E-state index >= 15 is 0 Å². The highest BCUT2D eigenvalue weighted by molar-refractivity contribution is 9.10. The zero-order valence-electron chi connectivity index (χ0n) is 24.6. The first-order chi connectivity index (χ1) is 21.1. The molecule has 1 atom stereocenters. The number of nitrogens with zero attached hydrogens (tertiary/aromatic N) is 3. The molecule has 0 saturated carbocycles. The Kier molecular flexibility index (Phi) is 10.6. The van der Waals surface area contributed by atoms with Crippen LogP contribution in [-0.2, 0) is 21.9 Å². The van der Waals surface area contributed by atoms with Gasteiger partial charge in [-0.05, 0) is 90.6 Å². The number of hydrogen-bond acceptors (Lipinski definition) is 8. The van der Waals surface area contributed by atoms with E-state index in [0.717, 1.165) is 21.2 Å². The molecule has 0 radical (unpaired) electrons. The van der Waals surface area contributed by atoms with Crippen LogP contribution in [-0.4, -0.2) is 33.4 Å². The Morgan fingerprint density at radius 3 is 2.57 bits per heavy atom. The van der Waals surface area contributed by atoms with Gasteiger partial charge in [-0.3, -0.25) is 0 Å². The minimum Gasteiger partial charge on any atom is -0.490 e. The van der Waals surface area contributed by atoms with Crippen LogP contribution in [0.3, 0.4) is 0 Å². The van der Waals surface area contributed by atoms with Crippen LogP contribution in [0.25, 0.3) is 0 Å². The predicted molar refractivity (Wildman–Crippen MR) is 181 cm³/mol. The van der Waals surface area contributed by atoms with Gasteiger partial charge in [0.2, 0.25) is 11.1 Å². The number of benzene rings is 3. The molecule has 0 aliphatic carbocycles. The Morgan fingerprint density at radius 1 is 1.11 bits per heavy atom. The molecule has 0 amide bonds. The van der Waals surface area contributed by atoms with Crippen molar-refractivity contribution >= 4 is 67.1 Å². The lowest BCUT2D eigenvalue weighted by Gasteiger charge is -2.29. The molecule has 1 N–H and O–H groups in total. The molecule has 0 saturated heterocycles. The molecule has 2 heterocycles. The topological polar surface area (TPSA) is 87.5 Å². The molecule has 230 valence electrons. The molecule has 0 spiro atoms. The van der Waals surface area contributed by atoms with Crippen molar-refractivity contribution in [3.8, 4) is 11.5 Å². The van der Waals surface area contributed by atoms with Gasteiger partial charge in [0, 0.05) is 20.9 Å². The molecular formula is C32H31Br2ClN4O4S. The molecule has 1 aromatic heterocycles. The van der Waals surface area contributed by atoms with Crippen LogP contribution in [0.1, 0.15) is 50.4 Å². The van der Waals surface area contributed by atoms with E-state index in [0.29, 0.717) is 62.3 Å². The first kappa shape index (κ1) is 32.4. The third-order valence-corrected chi connectivity index (χ3v) is 9.03. The van der Waals surface area contributed by atoms with E-state index in [1.807, 2.05) is 88.4 Å². The number of rotatable bonds is 11. The maximum absolute atomic E-state index is 13.5. The monoisotopic (exact) mass is 760 g/mol. The number of fused-ring (bicyclic) bond motifs is 1. The molecule has 5 rings (SSSR count). The Bertz CT molecular complexity index is 1690. The first-order valence-electron chi connectivity index (χ1n) is 14.0. The second-order valence-corrected chi connectivity index (χ2v) is 13.4. The summed E-state index contributed by atoms with van der Waals surface area (Å²) < 4.78 is 21.4. The van der Waals surface area contributed by atoms with Crippen LogP contribution in [0, 0.1) is 0 Å². The summed E-state index contributed by atoms with van der Waals surface area (Å²) in [6, 6.07) is 18.8. The third-order valence-electron chi connectivity index (χ3n) is 6.65. The lowest BCUT2D eigenvalue weighted by molar-refractivity contribution is -0.143. The molecule has 12 heteroatoms. The van der Waals surface area contributed by atoms with Crippen molar-refractivity contribution in [1.29, 1.82) is 0 Å². The predicted octanol–water partition coefficient (Wildman–Crippen LogP) is 8.97. The van der Waals surface area contributed by atoms with Gasteiger partial charge in [-0.15, -0.1) is 5.10 Å². The number of esters is 1. The van der Waals surface area contributed by atoms with Crippen molar-refractivity contribution in [2.24, 2.45) is 0 Å². The fraction of sp³-hybridized carbons (Fsp3) is 0.281. The molecule has 3 aromatic carbocycles. The quantitative estimate of drug-likeness (QED) is 0.120. The summed E-state index contributed by atoms with van der Waals surface area (Å²) in [5.74, 6) is 1.77. The Hall–Kier alpha value is -2.99. The fourth-order valence-electron chi connectivity index (χ4n) is 4.69. The Morgan fingerprint density at radius 2 is 1.86 bits per heavy atom. The standard InChI is InChI=1S/C32H31Br2ClN4O4S/c1-5-41-26-15-22(14-24(34)29(26)42-16-20-10-12-23(33)13-11-20)28-27(30(40)43-18(2)3)19(4)36-31-37-32(38-39(28)31)44-17-21-8-6-7-9-25(21)35/h6-15,18,28H,5,16-17H2,1-4H3,(H,36,37,38). The molecule has 8 nitrogen and oxygen atoms in total. The smallest absolute Gasteiger partial charge is 0.338 e. The van der Waals surface area contributed by atoms with Gasteiger partial charge in [-0.1, -0.05) is 69.6 Å². The zero-order valence-corrected chi connectivity index (χ0v) is 29.3. The van der Waals surface area contributed by atoms with Crippen molar-refractivity contribution in [2.75, 3.05) is 11.9 Å². The second-order valence-electron chi connectivity index (χ2n) is 10.2. The molecule has 0 bridgehead atoms. The largest absolute Gasteiger partial charge is 0.490 e. The lowest BCUT2D eigenvalue weighted by Crippen LogP contribution is -2.30. The number of carbonyl (C=O) groups is 1. The molecule has 4 aromatic rings. The highest BCUT2D eigenvalue weighted by Gasteiger charge is 2.36. The van der Waals surface area contributed by atoms with E-state index < -0.39 is 12.0 Å². The van der Waals surface area contributed by atoms with E-state index in [1.54, 1.807) is 4.68 Å². The summed E-state index contributed by atoms with van der Waals surface area (Å²) >= 11 is 15.0. The molecular weight excluding hydrogens is 732 g/mol.